The van der Waals surface area contributed by atoms with Crippen molar-refractivity contribution in [3.05, 3.63) is 65.6 Å². The maximum atomic E-state index is 3.32. The van der Waals surface area contributed by atoms with Crippen LogP contribution >= 0.6 is 11.8 Å². The van der Waals surface area contributed by atoms with Gasteiger partial charge in [-0.1, -0.05) is 30.3 Å². The number of hydrogen-bond donors (Lipinski definition) is 1. The van der Waals surface area contributed by atoms with Gasteiger partial charge < -0.3 is 15.1 Å². The molecule has 0 amide bonds. The van der Waals surface area contributed by atoms with Gasteiger partial charge in [-0.25, -0.2) is 0 Å². The van der Waals surface area contributed by atoms with Crippen LogP contribution in [-0.2, 0) is 0 Å². The molecule has 0 aliphatic carbocycles. The lowest BCUT2D eigenvalue weighted by atomic mass is 10.1. The van der Waals surface area contributed by atoms with Gasteiger partial charge in [0.05, 0.1) is 5.88 Å². The Labute approximate surface area is 156 Å². The van der Waals surface area contributed by atoms with Gasteiger partial charge in [-0.15, -0.1) is 11.8 Å². The highest BCUT2D eigenvalue weighted by molar-refractivity contribution is 8.02. The first-order chi connectivity index (χ1) is 12.2. The van der Waals surface area contributed by atoms with E-state index >= 15 is 0 Å². The fraction of sp³-hybridized carbons (Fsp3) is 0.333. The molecule has 1 N–H and O–H groups in total. The van der Waals surface area contributed by atoms with E-state index in [9.17, 15) is 0 Å². The Morgan fingerprint density at radius 3 is 2.16 bits per heavy atom. The molecule has 2 rings (SSSR count). The van der Waals surface area contributed by atoms with Gasteiger partial charge in [-0.2, -0.15) is 0 Å². The van der Waals surface area contributed by atoms with Crippen molar-refractivity contribution < 1.29 is 0 Å². The van der Waals surface area contributed by atoms with Crippen LogP contribution in [0.4, 0.5) is 11.4 Å². The van der Waals surface area contributed by atoms with Crippen LogP contribution in [0.1, 0.15) is 19.4 Å². The Morgan fingerprint density at radius 1 is 0.960 bits per heavy atom. The molecule has 0 bridgehead atoms. The summed E-state index contributed by atoms with van der Waals surface area (Å²) in [6, 6.07) is 19.2. The van der Waals surface area contributed by atoms with E-state index in [1.165, 1.54) is 16.9 Å². The maximum absolute atomic E-state index is 3.32. The Bertz CT molecular complexity index is 649. The number of anilines is 2. The van der Waals surface area contributed by atoms with Crippen molar-refractivity contribution in [2.75, 3.05) is 42.9 Å². The van der Waals surface area contributed by atoms with Crippen LogP contribution in [0.3, 0.4) is 0 Å². The van der Waals surface area contributed by atoms with Crippen molar-refractivity contribution in [2.45, 2.75) is 13.8 Å². The average molecular weight is 356 g/mol. The number of nitrogens with zero attached hydrogens (tertiary/aromatic N) is 2. The van der Waals surface area contributed by atoms with Crippen molar-refractivity contribution in [2.24, 2.45) is 0 Å². The second-order valence-electron chi connectivity index (χ2n) is 5.83. The summed E-state index contributed by atoms with van der Waals surface area (Å²) in [5.74, 6) is 0.909. The summed E-state index contributed by atoms with van der Waals surface area (Å²) in [6.07, 6.45) is 0. The molecule has 0 aliphatic rings. The zero-order valence-electron chi connectivity index (χ0n) is 15.7. The van der Waals surface area contributed by atoms with Crippen LogP contribution in [0, 0.1) is 0 Å². The van der Waals surface area contributed by atoms with Crippen LogP contribution in [0.15, 0.2) is 60.0 Å². The molecule has 0 fully saturated rings. The first-order valence-corrected chi connectivity index (χ1v) is 9.85. The van der Waals surface area contributed by atoms with E-state index in [1.807, 2.05) is 13.1 Å². The summed E-state index contributed by atoms with van der Waals surface area (Å²) in [7, 11) is 4.10. The summed E-state index contributed by atoms with van der Waals surface area (Å²) in [6.45, 7) is 6.45. The number of hydrogen-bond acceptors (Lipinski definition) is 4. The molecule has 0 unspecified atom stereocenters. The lowest BCUT2D eigenvalue weighted by Gasteiger charge is -2.21. The van der Waals surface area contributed by atoms with E-state index in [0.29, 0.717) is 0 Å². The monoisotopic (exact) mass is 355 g/mol. The molecule has 0 radical (unpaired) electrons. The van der Waals surface area contributed by atoms with E-state index < -0.39 is 0 Å². The highest BCUT2D eigenvalue weighted by atomic mass is 32.2. The Hall–Kier alpha value is -2.07. The zero-order valence-corrected chi connectivity index (χ0v) is 16.5. The SMILES string of the molecule is CCN(CC)c1ccc(/C(=C/SCN(C)c2ccccc2)NC)cc1. The number of thioether (sulfide) groups is 1. The van der Waals surface area contributed by atoms with Crippen molar-refractivity contribution in [1.29, 1.82) is 0 Å². The summed E-state index contributed by atoms with van der Waals surface area (Å²) in [4.78, 5) is 4.61. The molecule has 0 saturated heterocycles. The third-order valence-electron chi connectivity index (χ3n) is 4.24. The molecule has 0 saturated carbocycles. The van der Waals surface area contributed by atoms with Crippen LogP contribution in [0.25, 0.3) is 5.70 Å². The minimum Gasteiger partial charge on any atom is -0.387 e. The lowest BCUT2D eigenvalue weighted by Crippen LogP contribution is -2.21. The first kappa shape index (κ1) is 19.3. The molecule has 2 aromatic rings. The third-order valence-corrected chi connectivity index (χ3v) is 5.18. The Kier molecular flexibility index (Phi) is 7.74. The topological polar surface area (TPSA) is 18.5 Å². The summed E-state index contributed by atoms with van der Waals surface area (Å²) < 4.78 is 0. The van der Waals surface area contributed by atoms with E-state index in [0.717, 1.165) is 24.7 Å². The summed E-state index contributed by atoms with van der Waals surface area (Å²) in [5, 5.41) is 5.52. The molecule has 25 heavy (non-hydrogen) atoms. The average Bonchev–Trinajstić information content (AvgIpc) is 2.67. The van der Waals surface area contributed by atoms with Crippen LogP contribution in [0.5, 0.6) is 0 Å². The smallest absolute Gasteiger partial charge is 0.0677 e. The van der Waals surface area contributed by atoms with Crippen LogP contribution < -0.4 is 15.1 Å². The van der Waals surface area contributed by atoms with Crippen LogP contribution in [-0.4, -0.2) is 33.1 Å². The van der Waals surface area contributed by atoms with Crippen LogP contribution in [0.2, 0.25) is 0 Å². The molecule has 4 heteroatoms. The quantitative estimate of drug-likeness (QED) is 0.646. The van der Waals surface area contributed by atoms with Gasteiger partial charge >= 0.3 is 0 Å². The molecule has 0 atom stereocenters. The summed E-state index contributed by atoms with van der Waals surface area (Å²) in [5.41, 5.74) is 4.88. The van der Waals surface area contributed by atoms with Gasteiger partial charge in [-0.05, 0) is 49.1 Å². The highest BCUT2D eigenvalue weighted by Gasteiger charge is 2.04. The van der Waals surface area contributed by atoms with Crippen molar-refractivity contribution in [3.8, 4) is 0 Å². The largest absolute Gasteiger partial charge is 0.387 e. The van der Waals surface area contributed by atoms with Crippen molar-refractivity contribution in [1.82, 2.24) is 5.32 Å². The van der Waals surface area contributed by atoms with Gasteiger partial charge in [0.25, 0.3) is 0 Å². The molecular weight excluding hydrogens is 326 g/mol. The van der Waals surface area contributed by atoms with E-state index in [-0.39, 0.29) is 0 Å². The Balaban J connectivity index is 2.00. The fourth-order valence-corrected chi connectivity index (χ4v) is 3.57. The van der Waals surface area contributed by atoms with E-state index in [4.69, 9.17) is 0 Å². The molecule has 0 heterocycles. The Morgan fingerprint density at radius 2 is 1.60 bits per heavy atom. The van der Waals surface area contributed by atoms with E-state index in [1.54, 1.807) is 11.8 Å². The normalized spacial score (nSPS) is 11.3. The molecule has 134 valence electrons. The van der Waals surface area contributed by atoms with Gasteiger partial charge in [0.2, 0.25) is 0 Å². The minimum absolute atomic E-state index is 0.909. The number of rotatable bonds is 9. The van der Waals surface area contributed by atoms with Gasteiger partial charge in [0.15, 0.2) is 0 Å². The second-order valence-corrected chi connectivity index (χ2v) is 6.66. The molecular formula is C21H29N3S. The maximum Gasteiger partial charge on any atom is 0.0677 e. The van der Waals surface area contributed by atoms with E-state index in [2.05, 4.69) is 90.0 Å². The predicted molar refractivity (Wildman–Crippen MR) is 114 cm³/mol. The van der Waals surface area contributed by atoms with Gasteiger partial charge in [0.1, 0.15) is 0 Å². The minimum atomic E-state index is 0.909. The molecule has 0 aliphatic heterocycles. The number of benzene rings is 2. The number of nitrogens with one attached hydrogen (secondary N) is 1. The number of para-hydroxylation sites is 1. The molecule has 3 nitrogen and oxygen atoms in total. The molecule has 0 spiro atoms. The summed E-state index contributed by atoms with van der Waals surface area (Å²) >= 11 is 1.79. The predicted octanol–water partition coefficient (Wildman–Crippen LogP) is 4.88. The van der Waals surface area contributed by atoms with Gasteiger partial charge in [0, 0.05) is 44.3 Å². The van der Waals surface area contributed by atoms with Crippen molar-refractivity contribution >= 4 is 28.8 Å². The van der Waals surface area contributed by atoms with Gasteiger partial charge in [-0.3, -0.25) is 0 Å². The standard InChI is InChI=1S/C21H29N3S/c1-5-24(6-2)20-14-12-18(13-15-20)21(22-3)16-25-17-23(4)19-10-8-7-9-11-19/h7-16,22H,5-6,17H2,1-4H3/b21-16-. The first-order valence-electron chi connectivity index (χ1n) is 8.80. The third kappa shape index (κ3) is 5.46. The fourth-order valence-electron chi connectivity index (χ4n) is 2.70. The van der Waals surface area contributed by atoms with Crippen molar-refractivity contribution in [3.63, 3.8) is 0 Å². The second kappa shape index (κ2) is 10.0. The zero-order chi connectivity index (χ0) is 18.1. The molecule has 0 aromatic heterocycles. The highest BCUT2D eigenvalue weighted by Crippen LogP contribution is 2.22. The lowest BCUT2D eigenvalue weighted by molar-refractivity contribution is 0.866. The molecule has 2 aromatic carbocycles.